The van der Waals surface area contributed by atoms with E-state index in [1.807, 2.05) is 0 Å². The van der Waals surface area contributed by atoms with Gasteiger partial charge >= 0.3 is 6.18 Å². The lowest BCUT2D eigenvalue weighted by Gasteiger charge is -2.09. The molecule has 0 saturated heterocycles. The minimum absolute atomic E-state index is 0.330. The van der Waals surface area contributed by atoms with Crippen molar-refractivity contribution in [3.63, 3.8) is 0 Å². The maximum absolute atomic E-state index is 13.2. The van der Waals surface area contributed by atoms with Crippen LogP contribution in [0.15, 0.2) is 72.1 Å². The molecule has 0 radical (unpaired) electrons. The lowest BCUT2D eigenvalue weighted by molar-refractivity contribution is -0.141. The fourth-order valence-electron chi connectivity index (χ4n) is 2.97. The van der Waals surface area contributed by atoms with Crippen LogP contribution < -0.4 is 10.1 Å². The monoisotopic (exact) mass is 443 g/mol. The minimum Gasteiger partial charge on any atom is -0.497 e. The summed E-state index contributed by atoms with van der Waals surface area (Å²) in [4.78, 5) is 13.2. The zero-order chi connectivity index (χ0) is 22.0. The highest BCUT2D eigenvalue weighted by Gasteiger charge is 2.35. The molecule has 2 aromatic heterocycles. The second-order valence-electron chi connectivity index (χ2n) is 6.53. The number of amides is 1. The van der Waals surface area contributed by atoms with Crippen LogP contribution in [-0.4, -0.2) is 22.8 Å². The Morgan fingerprint density at radius 1 is 1.06 bits per heavy atom. The van der Waals surface area contributed by atoms with Crippen molar-refractivity contribution >= 4 is 22.9 Å². The Kier molecular flexibility index (Phi) is 5.51. The van der Waals surface area contributed by atoms with E-state index in [9.17, 15) is 18.0 Å². The first-order valence-corrected chi connectivity index (χ1v) is 10.00. The highest BCUT2D eigenvalue weighted by Crippen LogP contribution is 2.34. The summed E-state index contributed by atoms with van der Waals surface area (Å²) >= 11 is 1.32. The molecule has 1 N–H and O–H groups in total. The third-order valence-electron chi connectivity index (χ3n) is 4.48. The van der Waals surface area contributed by atoms with Crippen LogP contribution in [0.2, 0.25) is 0 Å². The molecule has 4 aromatic rings. The molecule has 2 aromatic carbocycles. The number of hydrogen-bond acceptors (Lipinski definition) is 4. The molecule has 1 amide bonds. The first-order chi connectivity index (χ1) is 14.8. The predicted octanol–water partition coefficient (Wildman–Crippen LogP) is 5.88. The van der Waals surface area contributed by atoms with E-state index in [1.165, 1.54) is 35.3 Å². The summed E-state index contributed by atoms with van der Waals surface area (Å²) in [6, 6.07) is 17.6. The van der Waals surface area contributed by atoms with Crippen molar-refractivity contribution in [2.45, 2.75) is 6.18 Å². The number of benzene rings is 2. The van der Waals surface area contributed by atoms with Gasteiger partial charge in [0.05, 0.1) is 23.4 Å². The maximum Gasteiger partial charge on any atom is 0.435 e. The zero-order valence-corrected chi connectivity index (χ0v) is 17.0. The van der Waals surface area contributed by atoms with E-state index < -0.39 is 11.9 Å². The number of carbonyl (C=O) groups excluding carboxylic acids is 1. The van der Waals surface area contributed by atoms with Crippen molar-refractivity contribution < 1.29 is 22.7 Å². The highest BCUT2D eigenvalue weighted by atomic mass is 32.1. The van der Waals surface area contributed by atoms with Gasteiger partial charge in [-0.1, -0.05) is 12.1 Å². The number of aromatic nitrogens is 2. The molecule has 0 saturated carbocycles. The third-order valence-corrected chi connectivity index (χ3v) is 5.37. The van der Waals surface area contributed by atoms with E-state index in [1.54, 1.807) is 53.9 Å². The lowest BCUT2D eigenvalue weighted by Crippen LogP contribution is -2.12. The Morgan fingerprint density at radius 2 is 1.84 bits per heavy atom. The Labute approximate surface area is 179 Å². The van der Waals surface area contributed by atoms with Gasteiger partial charge in [-0.3, -0.25) is 4.79 Å². The Hall–Kier alpha value is -3.59. The predicted molar refractivity (Wildman–Crippen MR) is 113 cm³/mol. The van der Waals surface area contributed by atoms with Crippen LogP contribution in [-0.2, 0) is 6.18 Å². The van der Waals surface area contributed by atoms with Crippen molar-refractivity contribution in [2.24, 2.45) is 0 Å². The number of nitrogens with one attached hydrogen (secondary N) is 1. The fraction of sp³-hybridized carbons (Fsp3) is 0.0909. The molecule has 5 nitrogen and oxygen atoms in total. The molecule has 0 bridgehead atoms. The summed E-state index contributed by atoms with van der Waals surface area (Å²) in [6.45, 7) is 0. The fourth-order valence-corrected chi connectivity index (χ4v) is 3.70. The van der Waals surface area contributed by atoms with Gasteiger partial charge in [0.15, 0.2) is 5.69 Å². The quantitative estimate of drug-likeness (QED) is 0.419. The van der Waals surface area contributed by atoms with Crippen LogP contribution in [0.4, 0.5) is 18.9 Å². The van der Waals surface area contributed by atoms with Crippen molar-refractivity contribution in [1.29, 1.82) is 0 Å². The summed E-state index contributed by atoms with van der Waals surface area (Å²) in [7, 11) is 1.53. The average Bonchev–Trinajstić information content (AvgIpc) is 3.43. The summed E-state index contributed by atoms with van der Waals surface area (Å²) < 4.78 is 46.1. The third kappa shape index (κ3) is 4.46. The van der Waals surface area contributed by atoms with E-state index >= 15 is 0 Å². The Balaban J connectivity index is 1.62. The van der Waals surface area contributed by atoms with E-state index in [2.05, 4.69) is 10.4 Å². The van der Waals surface area contributed by atoms with E-state index in [0.29, 0.717) is 33.3 Å². The second kappa shape index (κ2) is 8.27. The molecule has 0 aliphatic heterocycles. The van der Waals surface area contributed by atoms with Crippen molar-refractivity contribution in [2.75, 3.05) is 12.4 Å². The van der Waals surface area contributed by atoms with Gasteiger partial charge in [0.1, 0.15) is 5.75 Å². The van der Waals surface area contributed by atoms with Crippen LogP contribution in [0.3, 0.4) is 0 Å². The number of rotatable bonds is 5. The van der Waals surface area contributed by atoms with Gasteiger partial charge in [-0.25, -0.2) is 4.68 Å². The number of ether oxygens (including phenoxy) is 1. The zero-order valence-electron chi connectivity index (χ0n) is 16.2. The largest absolute Gasteiger partial charge is 0.497 e. The number of hydrogen-bond donors (Lipinski definition) is 1. The van der Waals surface area contributed by atoms with E-state index in [-0.39, 0.29) is 5.91 Å². The van der Waals surface area contributed by atoms with E-state index in [4.69, 9.17) is 4.74 Å². The molecule has 2 heterocycles. The number of methoxy groups -OCH3 is 1. The van der Waals surface area contributed by atoms with Gasteiger partial charge in [-0.2, -0.15) is 18.3 Å². The normalized spacial score (nSPS) is 11.4. The van der Waals surface area contributed by atoms with Crippen LogP contribution in [0.5, 0.6) is 5.75 Å². The Bertz CT molecular complexity index is 1200. The SMILES string of the molecule is COc1cccc(NC(=O)c2ccc(-n3nc(C(F)(F)F)cc3-c3cccs3)cc2)c1. The Morgan fingerprint density at radius 3 is 2.48 bits per heavy atom. The van der Waals surface area contributed by atoms with Gasteiger partial charge in [-0.05, 0) is 53.9 Å². The number of thiophene rings is 1. The van der Waals surface area contributed by atoms with Crippen molar-refractivity contribution in [3.8, 4) is 22.0 Å². The van der Waals surface area contributed by atoms with Gasteiger partial charge in [0.25, 0.3) is 5.91 Å². The first-order valence-electron chi connectivity index (χ1n) is 9.12. The number of halogens is 3. The molecule has 0 fully saturated rings. The molecule has 0 unspecified atom stereocenters. The molecule has 0 aliphatic carbocycles. The van der Waals surface area contributed by atoms with Crippen LogP contribution in [0.25, 0.3) is 16.3 Å². The molecular weight excluding hydrogens is 427 g/mol. The summed E-state index contributed by atoms with van der Waals surface area (Å²) in [6.07, 6.45) is -4.56. The standard InChI is InChI=1S/C22H16F3N3O2S/c1-30-17-5-2-4-15(12-17)26-21(29)14-7-9-16(10-8-14)28-18(19-6-3-11-31-19)13-20(27-28)22(23,24)25/h2-13H,1H3,(H,26,29). The van der Waals surface area contributed by atoms with Crippen LogP contribution in [0.1, 0.15) is 16.1 Å². The molecule has 9 heteroatoms. The number of anilines is 1. The van der Waals surface area contributed by atoms with Crippen LogP contribution in [0, 0.1) is 0 Å². The molecule has 4 rings (SSSR count). The molecule has 0 aliphatic rings. The molecule has 31 heavy (non-hydrogen) atoms. The van der Waals surface area contributed by atoms with E-state index in [0.717, 1.165) is 6.07 Å². The summed E-state index contributed by atoms with van der Waals surface area (Å²) in [5.74, 6) is 0.253. The maximum atomic E-state index is 13.2. The number of carbonyl (C=O) groups is 1. The number of nitrogens with zero attached hydrogens (tertiary/aromatic N) is 2. The van der Waals surface area contributed by atoms with Gasteiger partial charge in [-0.15, -0.1) is 11.3 Å². The smallest absolute Gasteiger partial charge is 0.435 e. The molecule has 0 spiro atoms. The van der Waals surface area contributed by atoms with Gasteiger partial charge in [0.2, 0.25) is 0 Å². The van der Waals surface area contributed by atoms with Gasteiger partial charge in [0, 0.05) is 17.3 Å². The minimum atomic E-state index is -4.56. The molecule has 158 valence electrons. The van der Waals surface area contributed by atoms with Crippen molar-refractivity contribution in [3.05, 3.63) is 83.4 Å². The summed E-state index contributed by atoms with van der Waals surface area (Å²) in [5, 5.41) is 8.30. The van der Waals surface area contributed by atoms with Gasteiger partial charge < -0.3 is 10.1 Å². The lowest BCUT2D eigenvalue weighted by atomic mass is 10.2. The second-order valence-corrected chi connectivity index (χ2v) is 7.48. The summed E-state index contributed by atoms with van der Waals surface area (Å²) in [5.41, 5.74) is 0.686. The van der Waals surface area contributed by atoms with Crippen molar-refractivity contribution in [1.82, 2.24) is 9.78 Å². The average molecular weight is 443 g/mol. The highest BCUT2D eigenvalue weighted by molar-refractivity contribution is 7.13. The first kappa shape index (κ1) is 20.7. The topological polar surface area (TPSA) is 56.1 Å². The van der Waals surface area contributed by atoms with Crippen LogP contribution >= 0.6 is 11.3 Å². The number of alkyl halides is 3. The molecular formula is C22H16F3N3O2S. The molecule has 0 atom stereocenters.